The molecule has 3 heterocycles. The van der Waals surface area contributed by atoms with Crippen molar-refractivity contribution in [2.45, 2.75) is 19.4 Å². The summed E-state index contributed by atoms with van der Waals surface area (Å²) in [5.41, 5.74) is 8.20. The minimum atomic E-state index is -0.505. The number of carbonyl (C=O) groups is 1. The van der Waals surface area contributed by atoms with Gasteiger partial charge in [-0.1, -0.05) is 12.1 Å². The molecule has 0 aliphatic carbocycles. The average Bonchev–Trinajstić information content (AvgIpc) is 2.96. The van der Waals surface area contributed by atoms with Crippen LogP contribution < -0.4 is 16.0 Å². The fraction of sp³-hybridized carbons (Fsp3) is 0.286. The van der Waals surface area contributed by atoms with Gasteiger partial charge in [-0.3, -0.25) is 19.5 Å². The molecule has 1 aliphatic rings. The molecule has 154 valence electrons. The number of fused-ring (bicyclic) bond motifs is 1. The van der Waals surface area contributed by atoms with Crippen LogP contribution >= 0.6 is 0 Å². The van der Waals surface area contributed by atoms with Gasteiger partial charge in [0.15, 0.2) is 12.4 Å². The Hall–Kier alpha value is -3.59. The van der Waals surface area contributed by atoms with E-state index in [9.17, 15) is 9.59 Å². The summed E-state index contributed by atoms with van der Waals surface area (Å²) >= 11 is 0. The van der Waals surface area contributed by atoms with E-state index in [2.05, 4.69) is 24.8 Å². The SMILES string of the molecule is NC(=O)COc1ccc(CN2CCc3nc(-c4cnccn4)[nH]c(=O)c3CC2)cc1. The van der Waals surface area contributed by atoms with Crippen LogP contribution in [0.15, 0.2) is 47.7 Å². The van der Waals surface area contributed by atoms with Crippen LogP contribution in [0.3, 0.4) is 0 Å². The minimum Gasteiger partial charge on any atom is -0.484 e. The first-order valence-corrected chi connectivity index (χ1v) is 9.69. The van der Waals surface area contributed by atoms with Crippen LogP contribution in [0, 0.1) is 0 Å². The molecule has 0 atom stereocenters. The number of nitrogens with one attached hydrogen (secondary N) is 1. The van der Waals surface area contributed by atoms with Crippen LogP contribution in [0.5, 0.6) is 5.75 Å². The van der Waals surface area contributed by atoms with Crippen LogP contribution in [-0.2, 0) is 24.2 Å². The molecule has 0 radical (unpaired) electrons. The van der Waals surface area contributed by atoms with Gasteiger partial charge < -0.3 is 15.5 Å². The van der Waals surface area contributed by atoms with Gasteiger partial charge in [-0.2, -0.15) is 0 Å². The number of primary amides is 1. The summed E-state index contributed by atoms with van der Waals surface area (Å²) in [4.78, 5) is 41.5. The molecule has 0 fully saturated rings. The summed E-state index contributed by atoms with van der Waals surface area (Å²) in [6, 6.07) is 7.58. The zero-order valence-corrected chi connectivity index (χ0v) is 16.4. The Morgan fingerprint density at radius 3 is 2.70 bits per heavy atom. The molecule has 3 aromatic rings. The third kappa shape index (κ3) is 4.69. The topological polar surface area (TPSA) is 127 Å². The molecule has 2 aromatic heterocycles. The van der Waals surface area contributed by atoms with Gasteiger partial charge in [0.2, 0.25) is 0 Å². The smallest absolute Gasteiger partial charge is 0.255 e. The highest BCUT2D eigenvalue weighted by Crippen LogP contribution is 2.18. The highest BCUT2D eigenvalue weighted by molar-refractivity contribution is 5.75. The van der Waals surface area contributed by atoms with Crippen LogP contribution in [0.4, 0.5) is 0 Å². The summed E-state index contributed by atoms with van der Waals surface area (Å²) in [6.45, 7) is 2.17. The second kappa shape index (κ2) is 8.83. The van der Waals surface area contributed by atoms with Gasteiger partial charge in [0.25, 0.3) is 11.5 Å². The molecule has 30 heavy (non-hydrogen) atoms. The van der Waals surface area contributed by atoms with E-state index >= 15 is 0 Å². The van der Waals surface area contributed by atoms with Gasteiger partial charge >= 0.3 is 0 Å². The van der Waals surface area contributed by atoms with Gasteiger partial charge in [0.1, 0.15) is 11.4 Å². The summed E-state index contributed by atoms with van der Waals surface area (Å²) in [5.74, 6) is 0.550. The number of benzene rings is 1. The fourth-order valence-corrected chi connectivity index (χ4v) is 3.46. The first kappa shape index (κ1) is 19.7. The third-order valence-corrected chi connectivity index (χ3v) is 4.96. The number of aromatic amines is 1. The summed E-state index contributed by atoms with van der Waals surface area (Å²) < 4.78 is 5.29. The monoisotopic (exact) mass is 406 g/mol. The standard InChI is InChI=1S/C21H22N6O3/c22-19(28)13-30-15-3-1-14(2-4-15)12-27-9-5-16-17(6-10-27)25-20(26-21(16)29)18-11-23-7-8-24-18/h1-4,7-8,11H,5-6,9-10,12-13H2,(H2,22,28)(H,25,26,29). The van der Waals surface area contributed by atoms with E-state index in [0.717, 1.165) is 36.5 Å². The van der Waals surface area contributed by atoms with E-state index in [4.69, 9.17) is 10.5 Å². The molecule has 1 aliphatic heterocycles. The largest absolute Gasteiger partial charge is 0.484 e. The Balaban J connectivity index is 1.43. The van der Waals surface area contributed by atoms with Crippen molar-refractivity contribution in [2.24, 2.45) is 5.73 Å². The Kier molecular flexibility index (Phi) is 5.80. The number of rotatable bonds is 6. The molecule has 0 saturated heterocycles. The maximum absolute atomic E-state index is 12.6. The molecular weight excluding hydrogens is 384 g/mol. The number of hydrogen-bond acceptors (Lipinski definition) is 7. The van der Waals surface area contributed by atoms with Crippen molar-refractivity contribution in [3.8, 4) is 17.3 Å². The lowest BCUT2D eigenvalue weighted by atomic mass is 10.1. The number of amides is 1. The molecule has 0 spiro atoms. The minimum absolute atomic E-state index is 0.113. The first-order chi connectivity index (χ1) is 14.6. The van der Waals surface area contributed by atoms with E-state index in [1.807, 2.05) is 24.3 Å². The van der Waals surface area contributed by atoms with Gasteiger partial charge in [-0.15, -0.1) is 0 Å². The number of carbonyl (C=O) groups excluding carboxylic acids is 1. The van der Waals surface area contributed by atoms with E-state index in [1.54, 1.807) is 18.6 Å². The van der Waals surface area contributed by atoms with Gasteiger partial charge in [0, 0.05) is 44.0 Å². The van der Waals surface area contributed by atoms with Crippen molar-refractivity contribution in [3.63, 3.8) is 0 Å². The lowest BCUT2D eigenvalue weighted by Crippen LogP contribution is -2.26. The second-order valence-electron chi connectivity index (χ2n) is 7.11. The van der Waals surface area contributed by atoms with E-state index in [-0.39, 0.29) is 12.2 Å². The molecule has 1 aromatic carbocycles. The van der Waals surface area contributed by atoms with Crippen molar-refractivity contribution in [3.05, 3.63) is 70.0 Å². The normalized spacial score (nSPS) is 14.0. The molecule has 0 unspecified atom stereocenters. The van der Waals surface area contributed by atoms with E-state index in [0.29, 0.717) is 30.1 Å². The van der Waals surface area contributed by atoms with Gasteiger partial charge in [-0.05, 0) is 24.1 Å². The Labute approximate surface area is 173 Å². The highest BCUT2D eigenvalue weighted by atomic mass is 16.5. The molecule has 3 N–H and O–H groups in total. The van der Waals surface area contributed by atoms with Crippen molar-refractivity contribution >= 4 is 5.91 Å². The molecule has 9 heteroatoms. The number of hydrogen-bond donors (Lipinski definition) is 2. The number of aromatic nitrogens is 4. The first-order valence-electron chi connectivity index (χ1n) is 9.69. The number of nitrogens with zero attached hydrogens (tertiary/aromatic N) is 4. The number of nitrogens with two attached hydrogens (primary N) is 1. The number of ether oxygens (including phenoxy) is 1. The molecule has 4 rings (SSSR count). The van der Waals surface area contributed by atoms with Crippen LogP contribution in [-0.4, -0.2) is 50.4 Å². The zero-order chi connectivity index (χ0) is 20.9. The van der Waals surface area contributed by atoms with E-state index < -0.39 is 5.91 Å². The van der Waals surface area contributed by atoms with Gasteiger partial charge in [-0.25, -0.2) is 9.97 Å². The second-order valence-corrected chi connectivity index (χ2v) is 7.11. The third-order valence-electron chi connectivity index (χ3n) is 4.96. The Morgan fingerprint density at radius 2 is 1.97 bits per heavy atom. The molecule has 1 amide bonds. The van der Waals surface area contributed by atoms with Gasteiger partial charge in [0.05, 0.1) is 11.9 Å². The molecular formula is C21H22N6O3. The lowest BCUT2D eigenvalue weighted by Gasteiger charge is -2.19. The Bertz CT molecular complexity index is 1080. The molecule has 0 bridgehead atoms. The van der Waals surface area contributed by atoms with Crippen molar-refractivity contribution < 1.29 is 9.53 Å². The molecule has 9 nitrogen and oxygen atoms in total. The molecule has 0 saturated carbocycles. The maximum atomic E-state index is 12.6. The maximum Gasteiger partial charge on any atom is 0.255 e. The predicted octanol–water partition coefficient (Wildman–Crippen LogP) is 0.692. The Morgan fingerprint density at radius 1 is 1.17 bits per heavy atom. The van der Waals surface area contributed by atoms with E-state index in [1.165, 1.54) is 0 Å². The number of H-pyrrole nitrogens is 1. The van der Waals surface area contributed by atoms with Crippen LogP contribution in [0.25, 0.3) is 11.5 Å². The summed E-state index contributed by atoms with van der Waals surface area (Å²) in [6.07, 6.45) is 6.07. The fourth-order valence-electron chi connectivity index (χ4n) is 3.46. The predicted molar refractivity (Wildman–Crippen MR) is 110 cm³/mol. The van der Waals surface area contributed by atoms with Crippen molar-refractivity contribution in [1.29, 1.82) is 0 Å². The highest BCUT2D eigenvalue weighted by Gasteiger charge is 2.19. The quantitative estimate of drug-likeness (QED) is 0.616. The lowest BCUT2D eigenvalue weighted by molar-refractivity contribution is -0.119. The summed E-state index contributed by atoms with van der Waals surface area (Å²) in [5, 5.41) is 0. The van der Waals surface area contributed by atoms with Crippen LogP contribution in [0.1, 0.15) is 16.8 Å². The average molecular weight is 406 g/mol. The van der Waals surface area contributed by atoms with Crippen LogP contribution in [0.2, 0.25) is 0 Å². The van der Waals surface area contributed by atoms with Crippen molar-refractivity contribution in [2.75, 3.05) is 19.7 Å². The summed E-state index contributed by atoms with van der Waals surface area (Å²) in [7, 11) is 0. The zero-order valence-electron chi connectivity index (χ0n) is 16.4. The van der Waals surface area contributed by atoms with Crippen molar-refractivity contribution in [1.82, 2.24) is 24.8 Å².